The molecule has 2 aromatic rings. The summed E-state index contributed by atoms with van der Waals surface area (Å²) >= 11 is 0. The number of hydrogen-bond acceptors (Lipinski definition) is 4. The average molecular weight is 295 g/mol. The van der Waals surface area contributed by atoms with Crippen molar-refractivity contribution >= 4 is 11.8 Å². The molecule has 2 aromatic carbocycles. The number of aliphatic carboxylic acids is 1. The maximum Gasteiger partial charge on any atom is 0.303 e. The first-order valence-electron chi connectivity index (χ1n) is 6.60. The van der Waals surface area contributed by atoms with Gasteiger partial charge < -0.3 is 10.2 Å². The number of rotatable bonds is 5. The number of phenolic OH excluding ortho intramolecular Hbond substituents is 1. The van der Waals surface area contributed by atoms with Crippen LogP contribution in [0.25, 0.3) is 11.1 Å². The van der Waals surface area contributed by atoms with Gasteiger partial charge in [0, 0.05) is 6.42 Å². The number of phenols is 1. The van der Waals surface area contributed by atoms with Crippen molar-refractivity contribution in [3.8, 4) is 22.9 Å². The van der Waals surface area contributed by atoms with Crippen molar-refractivity contribution < 1.29 is 19.8 Å². The van der Waals surface area contributed by atoms with Crippen LogP contribution in [0.15, 0.2) is 42.5 Å². The Morgan fingerprint density at radius 1 is 1.05 bits per heavy atom. The summed E-state index contributed by atoms with van der Waals surface area (Å²) in [5.41, 5.74) is 1.37. The van der Waals surface area contributed by atoms with E-state index < -0.39 is 17.5 Å². The van der Waals surface area contributed by atoms with E-state index in [1.807, 2.05) is 36.4 Å². The van der Waals surface area contributed by atoms with Gasteiger partial charge in [-0.05, 0) is 23.3 Å². The maximum absolute atomic E-state index is 12.1. The van der Waals surface area contributed by atoms with E-state index in [1.54, 1.807) is 0 Å². The predicted molar refractivity (Wildman–Crippen MR) is 79.5 cm³/mol. The van der Waals surface area contributed by atoms with Crippen LogP contribution in [0.1, 0.15) is 28.8 Å². The van der Waals surface area contributed by atoms with Crippen molar-refractivity contribution in [2.45, 2.75) is 12.8 Å². The first kappa shape index (κ1) is 15.3. The van der Waals surface area contributed by atoms with E-state index in [0.717, 1.165) is 5.56 Å². The first-order chi connectivity index (χ1) is 10.5. The van der Waals surface area contributed by atoms with Crippen LogP contribution < -0.4 is 0 Å². The van der Waals surface area contributed by atoms with Crippen LogP contribution in [0.2, 0.25) is 0 Å². The zero-order chi connectivity index (χ0) is 16.1. The molecule has 0 bridgehead atoms. The molecule has 0 aromatic heterocycles. The maximum atomic E-state index is 12.1. The number of nitrogens with zero attached hydrogens (tertiary/aromatic N) is 1. The molecule has 0 unspecified atom stereocenters. The smallest absolute Gasteiger partial charge is 0.303 e. The Bertz CT molecular complexity index is 760. The number of carboxylic acids is 1. The molecule has 0 saturated carbocycles. The molecule has 2 N–H and O–H groups in total. The monoisotopic (exact) mass is 295 g/mol. The molecule has 0 aliphatic carbocycles. The number of nitriles is 1. The lowest BCUT2D eigenvalue weighted by Gasteiger charge is -2.09. The van der Waals surface area contributed by atoms with E-state index >= 15 is 0 Å². The molecule has 0 aliphatic rings. The third-order valence-corrected chi connectivity index (χ3v) is 3.20. The van der Waals surface area contributed by atoms with E-state index in [2.05, 4.69) is 0 Å². The van der Waals surface area contributed by atoms with Crippen molar-refractivity contribution in [3.05, 3.63) is 53.6 Å². The van der Waals surface area contributed by atoms with Gasteiger partial charge in [-0.15, -0.1) is 0 Å². The standard InChI is InChI=1S/C17H13NO4/c18-10-13-8-12(11-4-2-1-3-5-11)9-14(17(13)22)15(19)6-7-16(20)21/h1-5,8-9,22H,6-7H2,(H,20,21). The number of carbonyl (C=O) groups excluding carboxylic acids is 1. The number of ketones is 1. The molecule has 0 fully saturated rings. The largest absolute Gasteiger partial charge is 0.506 e. The highest BCUT2D eigenvalue weighted by molar-refractivity contribution is 6.01. The summed E-state index contributed by atoms with van der Waals surface area (Å²) in [6.45, 7) is 0. The molecule has 0 saturated heterocycles. The van der Waals surface area contributed by atoms with Gasteiger partial charge in [0.25, 0.3) is 0 Å². The van der Waals surface area contributed by atoms with Gasteiger partial charge in [0.2, 0.25) is 0 Å². The molecule has 0 atom stereocenters. The molecular formula is C17H13NO4. The molecule has 0 radical (unpaired) electrons. The van der Waals surface area contributed by atoms with Crippen molar-refractivity contribution in [1.29, 1.82) is 5.26 Å². The molecule has 110 valence electrons. The van der Waals surface area contributed by atoms with Gasteiger partial charge in [-0.2, -0.15) is 5.26 Å². The quantitative estimate of drug-likeness (QED) is 0.826. The van der Waals surface area contributed by atoms with Gasteiger partial charge in [-0.25, -0.2) is 0 Å². The summed E-state index contributed by atoms with van der Waals surface area (Å²) in [5, 5.41) is 27.7. The first-order valence-corrected chi connectivity index (χ1v) is 6.60. The Balaban J connectivity index is 2.47. The van der Waals surface area contributed by atoms with E-state index in [9.17, 15) is 14.7 Å². The molecule has 5 nitrogen and oxygen atoms in total. The van der Waals surface area contributed by atoms with Crippen LogP contribution in [0, 0.1) is 11.3 Å². The van der Waals surface area contributed by atoms with Crippen molar-refractivity contribution in [1.82, 2.24) is 0 Å². The third kappa shape index (κ3) is 3.30. The topological polar surface area (TPSA) is 98.4 Å². The SMILES string of the molecule is N#Cc1cc(-c2ccccc2)cc(C(=O)CCC(=O)O)c1O. The van der Waals surface area contributed by atoms with Crippen LogP contribution in [0.5, 0.6) is 5.75 Å². The van der Waals surface area contributed by atoms with Crippen LogP contribution in [-0.4, -0.2) is 22.0 Å². The summed E-state index contributed by atoms with van der Waals surface area (Å²) in [6, 6.07) is 13.9. The molecule has 22 heavy (non-hydrogen) atoms. The minimum Gasteiger partial charge on any atom is -0.506 e. The Hall–Kier alpha value is -3.13. The molecule has 0 heterocycles. The number of carbonyl (C=O) groups is 2. The fourth-order valence-electron chi connectivity index (χ4n) is 2.08. The number of aromatic hydroxyl groups is 1. The van der Waals surface area contributed by atoms with Crippen LogP contribution in [0.4, 0.5) is 0 Å². The summed E-state index contributed by atoms with van der Waals surface area (Å²) in [7, 11) is 0. The fraction of sp³-hybridized carbons (Fsp3) is 0.118. The van der Waals surface area contributed by atoms with E-state index in [-0.39, 0.29) is 24.0 Å². The van der Waals surface area contributed by atoms with Crippen LogP contribution in [0.3, 0.4) is 0 Å². The van der Waals surface area contributed by atoms with Gasteiger partial charge in [-0.3, -0.25) is 9.59 Å². The lowest BCUT2D eigenvalue weighted by Crippen LogP contribution is -2.05. The average Bonchev–Trinajstić information content (AvgIpc) is 2.53. The summed E-state index contributed by atoms with van der Waals surface area (Å²) in [6.07, 6.45) is -0.554. The van der Waals surface area contributed by atoms with E-state index in [0.29, 0.717) is 5.56 Å². The summed E-state index contributed by atoms with van der Waals surface area (Å²) in [5.74, 6) is -2.00. The molecule has 5 heteroatoms. The third-order valence-electron chi connectivity index (χ3n) is 3.20. The molecular weight excluding hydrogens is 282 g/mol. The van der Waals surface area contributed by atoms with E-state index in [4.69, 9.17) is 10.4 Å². The molecule has 0 spiro atoms. The molecule has 0 amide bonds. The second kappa shape index (κ2) is 6.55. The normalized spacial score (nSPS) is 9.95. The van der Waals surface area contributed by atoms with Gasteiger partial charge in [0.1, 0.15) is 11.8 Å². The predicted octanol–water partition coefficient (Wildman–Crippen LogP) is 2.98. The second-order valence-corrected chi connectivity index (χ2v) is 4.71. The second-order valence-electron chi connectivity index (χ2n) is 4.71. The van der Waals surface area contributed by atoms with Crippen molar-refractivity contribution in [2.75, 3.05) is 0 Å². The lowest BCUT2D eigenvalue weighted by atomic mass is 9.96. The minimum absolute atomic E-state index is 0.0139. The highest BCUT2D eigenvalue weighted by atomic mass is 16.4. The summed E-state index contributed by atoms with van der Waals surface area (Å²) < 4.78 is 0. The zero-order valence-electron chi connectivity index (χ0n) is 11.6. The minimum atomic E-state index is -1.09. The van der Waals surface area contributed by atoms with Gasteiger partial charge in [0.05, 0.1) is 17.5 Å². The van der Waals surface area contributed by atoms with Gasteiger partial charge >= 0.3 is 5.97 Å². The Morgan fingerprint density at radius 2 is 1.73 bits per heavy atom. The zero-order valence-corrected chi connectivity index (χ0v) is 11.6. The fourth-order valence-corrected chi connectivity index (χ4v) is 2.08. The Kier molecular flexibility index (Phi) is 4.54. The number of benzene rings is 2. The highest BCUT2D eigenvalue weighted by Crippen LogP contribution is 2.30. The lowest BCUT2D eigenvalue weighted by molar-refractivity contribution is -0.136. The molecule has 0 aliphatic heterocycles. The van der Waals surface area contributed by atoms with E-state index in [1.165, 1.54) is 12.1 Å². The number of carboxylic acid groups (broad SMARTS) is 1. The number of Topliss-reactive ketones (excluding diaryl/α,β-unsaturated/α-hetero) is 1. The van der Waals surface area contributed by atoms with Crippen LogP contribution >= 0.6 is 0 Å². The molecule has 2 rings (SSSR count). The Labute approximate surface area is 127 Å². The number of hydrogen-bond donors (Lipinski definition) is 2. The van der Waals surface area contributed by atoms with Gasteiger partial charge in [0.15, 0.2) is 5.78 Å². The van der Waals surface area contributed by atoms with Crippen molar-refractivity contribution in [3.63, 3.8) is 0 Å². The van der Waals surface area contributed by atoms with Crippen LogP contribution in [-0.2, 0) is 4.79 Å². The van der Waals surface area contributed by atoms with Gasteiger partial charge in [-0.1, -0.05) is 30.3 Å². The summed E-state index contributed by atoms with van der Waals surface area (Å²) in [4.78, 5) is 22.7. The highest BCUT2D eigenvalue weighted by Gasteiger charge is 2.17. The van der Waals surface area contributed by atoms with Crippen molar-refractivity contribution in [2.24, 2.45) is 0 Å². The Morgan fingerprint density at radius 3 is 2.32 bits per heavy atom.